The lowest BCUT2D eigenvalue weighted by atomic mass is 9.92. The number of carbonyl (C=O) groups excluding carboxylic acids is 1. The summed E-state index contributed by atoms with van der Waals surface area (Å²) in [5.41, 5.74) is 0. The fourth-order valence-corrected chi connectivity index (χ4v) is 3.05. The molecule has 0 spiro atoms. The van der Waals surface area contributed by atoms with Crippen LogP contribution >= 0.6 is 0 Å². The molecule has 2 fully saturated rings. The largest absolute Gasteiger partial charge is 0.484 e. The van der Waals surface area contributed by atoms with Crippen molar-refractivity contribution >= 4 is 11.9 Å². The molecule has 1 aliphatic carbocycles. The molecule has 1 saturated carbocycles. The van der Waals surface area contributed by atoms with Gasteiger partial charge in [-0.05, 0) is 36.8 Å². The number of rotatable bonds is 5. The van der Waals surface area contributed by atoms with Gasteiger partial charge in [0.05, 0.1) is 5.92 Å². The van der Waals surface area contributed by atoms with Crippen molar-refractivity contribution in [1.82, 2.24) is 4.90 Å². The number of hydrogen-bond donors (Lipinski definition) is 1. The molecule has 5 nitrogen and oxygen atoms in total. The van der Waals surface area contributed by atoms with Crippen molar-refractivity contribution in [3.63, 3.8) is 0 Å². The Morgan fingerprint density at radius 3 is 2.52 bits per heavy atom. The Morgan fingerprint density at radius 2 is 1.90 bits per heavy atom. The van der Waals surface area contributed by atoms with Gasteiger partial charge in [0.2, 0.25) is 0 Å². The van der Waals surface area contributed by atoms with Crippen molar-refractivity contribution in [2.45, 2.75) is 12.8 Å². The summed E-state index contributed by atoms with van der Waals surface area (Å²) in [6.45, 7) is 0.833. The minimum atomic E-state index is -0.786. The van der Waals surface area contributed by atoms with E-state index in [4.69, 9.17) is 4.74 Å². The highest BCUT2D eigenvalue weighted by atomic mass is 16.5. The molecule has 0 radical (unpaired) electrons. The van der Waals surface area contributed by atoms with Crippen LogP contribution in [0.2, 0.25) is 0 Å². The van der Waals surface area contributed by atoms with Gasteiger partial charge in [0, 0.05) is 13.1 Å². The number of benzene rings is 1. The van der Waals surface area contributed by atoms with Gasteiger partial charge in [0.25, 0.3) is 5.91 Å². The molecule has 1 aromatic rings. The molecule has 112 valence electrons. The van der Waals surface area contributed by atoms with Gasteiger partial charge in [-0.3, -0.25) is 9.59 Å². The van der Waals surface area contributed by atoms with Crippen LogP contribution in [0.4, 0.5) is 0 Å². The Hall–Kier alpha value is -2.04. The second kappa shape index (κ2) is 5.76. The number of hydrogen-bond acceptors (Lipinski definition) is 3. The van der Waals surface area contributed by atoms with Crippen LogP contribution in [0.3, 0.4) is 0 Å². The van der Waals surface area contributed by atoms with E-state index in [9.17, 15) is 14.7 Å². The number of ether oxygens (including phenoxy) is 1. The lowest BCUT2D eigenvalue weighted by molar-refractivity contribution is -0.142. The maximum Gasteiger partial charge on any atom is 0.308 e. The first kappa shape index (κ1) is 13.9. The van der Waals surface area contributed by atoms with Crippen LogP contribution in [0.5, 0.6) is 5.75 Å². The number of carbonyl (C=O) groups is 2. The summed E-state index contributed by atoms with van der Waals surface area (Å²) in [7, 11) is 0. The van der Waals surface area contributed by atoms with Gasteiger partial charge in [0.1, 0.15) is 5.75 Å². The molecule has 5 heteroatoms. The minimum absolute atomic E-state index is 0.0340. The molecular weight excluding hydrogens is 270 g/mol. The molecule has 0 unspecified atom stereocenters. The lowest BCUT2D eigenvalue weighted by Crippen LogP contribution is -2.33. The van der Waals surface area contributed by atoms with Crippen molar-refractivity contribution in [2.75, 3.05) is 19.7 Å². The highest BCUT2D eigenvalue weighted by Gasteiger charge is 2.46. The number of carboxylic acids is 1. The number of likely N-dealkylation sites (tertiary alicyclic amines) is 1. The van der Waals surface area contributed by atoms with Crippen LogP contribution in [0.25, 0.3) is 0 Å². The van der Waals surface area contributed by atoms with Crippen LogP contribution in [0, 0.1) is 17.8 Å². The zero-order chi connectivity index (χ0) is 14.8. The van der Waals surface area contributed by atoms with Gasteiger partial charge < -0.3 is 14.7 Å². The highest BCUT2D eigenvalue weighted by Crippen LogP contribution is 2.44. The fourth-order valence-electron chi connectivity index (χ4n) is 3.05. The van der Waals surface area contributed by atoms with E-state index >= 15 is 0 Å². The van der Waals surface area contributed by atoms with Crippen molar-refractivity contribution in [1.29, 1.82) is 0 Å². The predicted octanol–water partition coefficient (Wildman–Crippen LogP) is 1.63. The van der Waals surface area contributed by atoms with E-state index in [0.717, 1.165) is 12.8 Å². The average Bonchev–Trinajstić information content (AvgIpc) is 3.24. The Morgan fingerprint density at radius 1 is 1.19 bits per heavy atom. The summed E-state index contributed by atoms with van der Waals surface area (Å²) >= 11 is 0. The summed E-state index contributed by atoms with van der Waals surface area (Å²) < 4.78 is 5.45. The molecule has 1 aliphatic heterocycles. The summed E-state index contributed by atoms with van der Waals surface area (Å²) in [6, 6.07) is 9.17. The third kappa shape index (κ3) is 3.17. The van der Waals surface area contributed by atoms with Crippen molar-refractivity contribution in [3.05, 3.63) is 30.3 Å². The van der Waals surface area contributed by atoms with Crippen LogP contribution in [0.15, 0.2) is 30.3 Å². The van der Waals surface area contributed by atoms with E-state index in [0.29, 0.717) is 24.8 Å². The molecule has 3 rings (SSSR count). The number of para-hydroxylation sites is 1. The quantitative estimate of drug-likeness (QED) is 0.894. The monoisotopic (exact) mass is 289 g/mol. The zero-order valence-corrected chi connectivity index (χ0v) is 11.8. The van der Waals surface area contributed by atoms with Crippen molar-refractivity contribution in [3.8, 4) is 5.75 Å². The van der Waals surface area contributed by atoms with E-state index in [1.54, 1.807) is 17.0 Å². The third-order valence-electron chi connectivity index (χ3n) is 4.37. The normalized spacial score (nSPS) is 24.9. The molecule has 1 amide bonds. The van der Waals surface area contributed by atoms with Gasteiger partial charge in [-0.1, -0.05) is 18.2 Å². The number of amides is 1. The molecule has 0 aromatic heterocycles. The number of aliphatic carboxylic acids is 1. The molecule has 21 heavy (non-hydrogen) atoms. The Bertz CT molecular complexity index is 526. The summed E-state index contributed by atoms with van der Waals surface area (Å²) in [4.78, 5) is 25.1. The summed E-state index contributed by atoms with van der Waals surface area (Å²) in [5.74, 6) is -0.0849. The second-order valence-electron chi connectivity index (χ2n) is 5.85. The standard InChI is InChI=1S/C16H19NO4/c18-15(10-21-12-4-2-1-3-5-12)17-8-13(11-6-7-11)14(9-17)16(19)20/h1-5,11,13-14H,6-10H2,(H,19,20)/t13-,14+/m1/s1. The highest BCUT2D eigenvalue weighted by molar-refractivity contribution is 5.80. The average molecular weight is 289 g/mol. The van der Waals surface area contributed by atoms with Crippen LogP contribution < -0.4 is 4.74 Å². The SMILES string of the molecule is O=C(O)[C@H]1CN(C(=O)COc2ccccc2)C[C@@H]1C1CC1. The molecule has 1 saturated heterocycles. The lowest BCUT2D eigenvalue weighted by Gasteiger charge is -2.16. The van der Waals surface area contributed by atoms with Crippen LogP contribution in [-0.4, -0.2) is 41.6 Å². The summed E-state index contributed by atoms with van der Waals surface area (Å²) in [5, 5.41) is 9.30. The Balaban J connectivity index is 1.56. The van der Waals surface area contributed by atoms with E-state index in [1.165, 1.54) is 0 Å². The molecule has 1 N–H and O–H groups in total. The number of carboxylic acid groups (broad SMARTS) is 1. The fraction of sp³-hybridized carbons (Fsp3) is 0.500. The van der Waals surface area contributed by atoms with E-state index in [1.807, 2.05) is 18.2 Å². The topological polar surface area (TPSA) is 66.8 Å². The van der Waals surface area contributed by atoms with Crippen molar-refractivity contribution in [2.24, 2.45) is 17.8 Å². The Kier molecular flexibility index (Phi) is 3.82. The van der Waals surface area contributed by atoms with Gasteiger partial charge in [0.15, 0.2) is 6.61 Å². The van der Waals surface area contributed by atoms with Gasteiger partial charge in [-0.2, -0.15) is 0 Å². The van der Waals surface area contributed by atoms with E-state index in [-0.39, 0.29) is 18.4 Å². The van der Waals surface area contributed by atoms with Gasteiger partial charge in [-0.25, -0.2) is 0 Å². The maximum absolute atomic E-state index is 12.2. The first-order valence-corrected chi connectivity index (χ1v) is 7.33. The van der Waals surface area contributed by atoms with Crippen LogP contribution in [0.1, 0.15) is 12.8 Å². The van der Waals surface area contributed by atoms with Gasteiger partial charge in [-0.15, -0.1) is 0 Å². The van der Waals surface area contributed by atoms with Crippen molar-refractivity contribution < 1.29 is 19.4 Å². The molecule has 2 aliphatic rings. The minimum Gasteiger partial charge on any atom is -0.484 e. The number of nitrogens with zero attached hydrogens (tertiary/aromatic N) is 1. The maximum atomic E-state index is 12.2. The third-order valence-corrected chi connectivity index (χ3v) is 4.37. The molecular formula is C16H19NO4. The molecule has 0 bridgehead atoms. The molecule has 1 heterocycles. The first-order valence-electron chi connectivity index (χ1n) is 7.33. The first-order chi connectivity index (χ1) is 10.1. The molecule has 1 aromatic carbocycles. The van der Waals surface area contributed by atoms with E-state index < -0.39 is 11.9 Å². The molecule has 2 atom stereocenters. The van der Waals surface area contributed by atoms with Crippen LogP contribution in [-0.2, 0) is 9.59 Å². The summed E-state index contributed by atoms with van der Waals surface area (Å²) in [6.07, 6.45) is 2.19. The van der Waals surface area contributed by atoms with Gasteiger partial charge >= 0.3 is 5.97 Å². The second-order valence-corrected chi connectivity index (χ2v) is 5.85. The van der Waals surface area contributed by atoms with E-state index in [2.05, 4.69) is 0 Å². The Labute approximate surface area is 123 Å². The smallest absolute Gasteiger partial charge is 0.308 e. The zero-order valence-electron chi connectivity index (χ0n) is 11.8. The predicted molar refractivity (Wildman–Crippen MR) is 75.9 cm³/mol.